The Hall–Kier alpha value is -1.93. The number of hydrogen-bond acceptors (Lipinski definition) is 4. The number of aryl methyl sites for hydroxylation is 4. The number of nitrogens with two attached hydrogens (primary N) is 1. The van der Waals surface area contributed by atoms with Gasteiger partial charge in [0.05, 0.1) is 4.90 Å². The first-order chi connectivity index (χ1) is 23.4. The molecule has 4 aliphatic rings. The molecule has 0 aromatic heterocycles. The Bertz CT molecular complexity index is 1710. The van der Waals surface area contributed by atoms with Crippen molar-refractivity contribution in [2.24, 2.45) is 5.14 Å². The molecule has 0 radical (unpaired) electrons. The van der Waals surface area contributed by atoms with Crippen LogP contribution in [-0.2, 0) is 48.5 Å². The SMILES string of the molecule is NS(=O)(=O)c1cc(CCCC(CCCl)N2CCc3cccc4c3C2CC4)ccc1CCCC(CCCl)N1CCc2cccc3c2C1CC3. The molecule has 2 heterocycles. The van der Waals surface area contributed by atoms with Crippen molar-refractivity contribution in [2.45, 2.75) is 119 Å². The van der Waals surface area contributed by atoms with Crippen molar-refractivity contribution in [1.82, 2.24) is 9.80 Å². The Morgan fingerprint density at radius 1 is 0.688 bits per heavy atom. The normalized spacial score (nSPS) is 21.6. The molecule has 0 fully saturated rings. The molecule has 4 unspecified atom stereocenters. The molecule has 0 saturated carbocycles. The molecule has 0 amide bonds. The quantitative estimate of drug-likeness (QED) is 0.162. The minimum Gasteiger partial charge on any atom is -0.293 e. The van der Waals surface area contributed by atoms with Crippen LogP contribution in [0.25, 0.3) is 0 Å². The Balaban J connectivity index is 0.979. The monoisotopic (exact) mass is 707 g/mol. The summed E-state index contributed by atoms with van der Waals surface area (Å²) in [5.41, 5.74) is 11.1. The van der Waals surface area contributed by atoms with E-state index in [9.17, 15) is 8.42 Å². The van der Waals surface area contributed by atoms with Crippen LogP contribution in [-0.4, -0.2) is 55.2 Å². The summed E-state index contributed by atoms with van der Waals surface area (Å²) >= 11 is 12.7. The van der Waals surface area contributed by atoms with E-state index >= 15 is 0 Å². The number of primary sulfonamides is 1. The standard InChI is InChI=1S/C40H51Cl2N3O2S/c41-23-19-34(44-25-21-32-9-2-7-30-15-17-36(44)39(30)32)11-1-5-28-13-14-29(38(27-28)48(43,46)47)6-4-12-35(20-24-42)45-26-22-33-10-3-8-31-16-18-37(45)40(31)33/h2-3,7-10,13-14,27,34-37H,1,4-6,11-12,15-26H2,(H2,43,46,47). The summed E-state index contributed by atoms with van der Waals surface area (Å²) in [4.78, 5) is 5.73. The van der Waals surface area contributed by atoms with Gasteiger partial charge in [-0.2, -0.15) is 0 Å². The van der Waals surface area contributed by atoms with E-state index in [0.29, 0.717) is 47.2 Å². The number of halogens is 2. The van der Waals surface area contributed by atoms with Crippen molar-refractivity contribution < 1.29 is 8.42 Å². The average Bonchev–Trinajstić information content (AvgIpc) is 3.72. The highest BCUT2D eigenvalue weighted by molar-refractivity contribution is 7.89. The van der Waals surface area contributed by atoms with Crippen LogP contribution in [0.3, 0.4) is 0 Å². The van der Waals surface area contributed by atoms with Gasteiger partial charge in [-0.05, 0) is 140 Å². The molecular formula is C40H51Cl2N3O2S. The number of rotatable bonds is 15. The highest BCUT2D eigenvalue weighted by Gasteiger charge is 2.37. The van der Waals surface area contributed by atoms with Gasteiger partial charge in [0.25, 0.3) is 0 Å². The third kappa shape index (κ3) is 7.13. The Kier molecular flexibility index (Phi) is 10.9. The molecule has 3 aromatic rings. The van der Waals surface area contributed by atoms with Crippen molar-refractivity contribution in [3.63, 3.8) is 0 Å². The van der Waals surface area contributed by atoms with Crippen LogP contribution in [0, 0.1) is 0 Å². The molecule has 0 spiro atoms. The highest BCUT2D eigenvalue weighted by atomic mass is 35.5. The zero-order valence-corrected chi connectivity index (χ0v) is 30.5. The van der Waals surface area contributed by atoms with E-state index in [1.165, 1.54) is 41.5 Å². The topological polar surface area (TPSA) is 66.6 Å². The van der Waals surface area contributed by atoms with E-state index < -0.39 is 10.0 Å². The number of nitrogens with zero attached hydrogens (tertiary/aromatic N) is 2. The lowest BCUT2D eigenvalue weighted by Crippen LogP contribution is -2.42. The molecule has 4 atom stereocenters. The molecule has 8 heteroatoms. The van der Waals surface area contributed by atoms with Crippen LogP contribution in [0.1, 0.15) is 108 Å². The van der Waals surface area contributed by atoms with Crippen LogP contribution < -0.4 is 5.14 Å². The lowest BCUT2D eigenvalue weighted by molar-refractivity contribution is 0.112. The van der Waals surface area contributed by atoms with Crippen LogP contribution in [0.15, 0.2) is 59.5 Å². The van der Waals surface area contributed by atoms with E-state index in [4.69, 9.17) is 28.3 Å². The van der Waals surface area contributed by atoms with Crippen LogP contribution >= 0.6 is 23.2 Å². The van der Waals surface area contributed by atoms with Crippen LogP contribution in [0.5, 0.6) is 0 Å². The van der Waals surface area contributed by atoms with Crippen molar-refractivity contribution in [1.29, 1.82) is 0 Å². The molecule has 2 N–H and O–H groups in total. The van der Waals surface area contributed by atoms with Crippen molar-refractivity contribution in [3.05, 3.63) is 99.1 Å². The third-order valence-corrected chi connectivity index (χ3v) is 13.4. The van der Waals surface area contributed by atoms with Crippen molar-refractivity contribution in [2.75, 3.05) is 24.8 Å². The van der Waals surface area contributed by atoms with Gasteiger partial charge in [-0.3, -0.25) is 9.80 Å². The van der Waals surface area contributed by atoms with E-state index in [2.05, 4.69) is 52.3 Å². The molecular weight excluding hydrogens is 657 g/mol. The lowest BCUT2D eigenvalue weighted by Gasteiger charge is -2.41. The first kappa shape index (κ1) is 34.5. The maximum absolute atomic E-state index is 12.8. The summed E-state index contributed by atoms with van der Waals surface area (Å²) in [6, 6.07) is 21.5. The molecule has 5 nitrogen and oxygen atoms in total. The number of benzene rings is 3. The van der Waals surface area contributed by atoms with E-state index in [-0.39, 0.29) is 0 Å². The second kappa shape index (κ2) is 15.1. The average molecular weight is 709 g/mol. The van der Waals surface area contributed by atoms with Gasteiger partial charge < -0.3 is 0 Å². The fraction of sp³-hybridized carbons (Fsp3) is 0.550. The number of alkyl halides is 2. The Labute approximate surface area is 298 Å². The minimum atomic E-state index is -3.83. The van der Waals surface area contributed by atoms with Gasteiger partial charge in [0.2, 0.25) is 10.0 Å². The molecule has 3 aromatic carbocycles. The van der Waals surface area contributed by atoms with Crippen LogP contribution in [0.2, 0.25) is 0 Å². The summed E-state index contributed by atoms with van der Waals surface area (Å²) in [5.74, 6) is 1.29. The van der Waals surface area contributed by atoms with Gasteiger partial charge in [0, 0.05) is 49.0 Å². The number of sulfonamides is 1. The van der Waals surface area contributed by atoms with Crippen molar-refractivity contribution >= 4 is 33.2 Å². The van der Waals surface area contributed by atoms with Gasteiger partial charge >= 0.3 is 0 Å². The molecule has 258 valence electrons. The predicted octanol–water partition coefficient (Wildman–Crippen LogP) is 8.07. The second-order valence-electron chi connectivity index (χ2n) is 14.6. The fourth-order valence-electron chi connectivity index (χ4n) is 9.78. The lowest BCUT2D eigenvalue weighted by atomic mass is 9.90. The summed E-state index contributed by atoms with van der Waals surface area (Å²) < 4.78 is 25.7. The molecule has 7 rings (SSSR count). The number of hydrogen-bond donors (Lipinski definition) is 1. The molecule has 2 aliphatic carbocycles. The first-order valence-corrected chi connectivity index (χ1v) is 21.0. The van der Waals surface area contributed by atoms with Crippen molar-refractivity contribution in [3.8, 4) is 0 Å². The largest absolute Gasteiger partial charge is 0.293 e. The Morgan fingerprint density at radius 2 is 1.19 bits per heavy atom. The van der Waals surface area contributed by atoms with Gasteiger partial charge in [-0.15, -0.1) is 23.2 Å². The predicted molar refractivity (Wildman–Crippen MR) is 198 cm³/mol. The van der Waals surface area contributed by atoms with Gasteiger partial charge in [0.1, 0.15) is 0 Å². The van der Waals surface area contributed by atoms with Gasteiger partial charge in [0.15, 0.2) is 0 Å². The zero-order valence-electron chi connectivity index (χ0n) is 28.2. The fourth-order valence-corrected chi connectivity index (χ4v) is 11.1. The molecule has 2 aliphatic heterocycles. The summed E-state index contributed by atoms with van der Waals surface area (Å²) in [6.07, 6.45) is 14.3. The molecule has 0 saturated heterocycles. The van der Waals surface area contributed by atoms with E-state index in [0.717, 1.165) is 88.4 Å². The summed E-state index contributed by atoms with van der Waals surface area (Å²) in [7, 11) is -3.83. The van der Waals surface area contributed by atoms with E-state index in [1.54, 1.807) is 11.1 Å². The van der Waals surface area contributed by atoms with Gasteiger partial charge in [-0.25, -0.2) is 13.6 Å². The summed E-state index contributed by atoms with van der Waals surface area (Å²) in [5, 5.41) is 5.82. The zero-order chi connectivity index (χ0) is 33.3. The third-order valence-electron chi connectivity index (χ3n) is 11.9. The molecule has 48 heavy (non-hydrogen) atoms. The minimum absolute atomic E-state index is 0.296. The highest BCUT2D eigenvalue weighted by Crippen LogP contribution is 2.44. The Morgan fingerprint density at radius 3 is 1.69 bits per heavy atom. The van der Waals surface area contributed by atoms with Crippen LogP contribution in [0.4, 0.5) is 0 Å². The summed E-state index contributed by atoms with van der Waals surface area (Å²) in [6.45, 7) is 2.16. The molecule has 0 bridgehead atoms. The smallest absolute Gasteiger partial charge is 0.238 e. The maximum Gasteiger partial charge on any atom is 0.238 e. The second-order valence-corrected chi connectivity index (χ2v) is 16.9. The van der Waals surface area contributed by atoms with E-state index in [1.807, 2.05) is 12.1 Å². The maximum atomic E-state index is 12.8. The van der Waals surface area contributed by atoms with Gasteiger partial charge in [-0.1, -0.05) is 48.5 Å². The first-order valence-electron chi connectivity index (χ1n) is 18.3.